The normalized spacial score (nSPS) is 14.0. The molecular formula is C32H46N8O. The molecule has 0 radical (unpaired) electrons. The third-order valence-electron chi connectivity index (χ3n) is 7.82. The van der Waals surface area contributed by atoms with Crippen LogP contribution in [-0.4, -0.2) is 58.0 Å². The average Bonchev–Trinajstić information content (AvgIpc) is 3.30. The van der Waals surface area contributed by atoms with Crippen molar-refractivity contribution in [3.05, 3.63) is 58.5 Å². The van der Waals surface area contributed by atoms with Gasteiger partial charge in [0.2, 0.25) is 5.95 Å². The number of piperidine rings is 1. The highest BCUT2D eigenvalue weighted by Crippen LogP contribution is 2.27. The predicted molar refractivity (Wildman–Crippen MR) is 168 cm³/mol. The van der Waals surface area contributed by atoms with Gasteiger partial charge >= 0.3 is 0 Å². The van der Waals surface area contributed by atoms with E-state index in [2.05, 4.69) is 52.5 Å². The molecule has 0 atom stereocenters. The third kappa shape index (κ3) is 8.72. The summed E-state index contributed by atoms with van der Waals surface area (Å²) >= 11 is 0. The lowest BCUT2D eigenvalue weighted by Crippen LogP contribution is -2.34. The SMILES string of the molecule is CC(C)CCN(CCC(C)C)C(=O)c1ccc2nc(Nc3ccc(N=[N+]=[N-])cc3)n(CCCN3CCCCC3)c2c1. The lowest BCUT2D eigenvalue weighted by Gasteiger charge is -2.26. The first-order valence-corrected chi connectivity index (χ1v) is 15.3. The van der Waals surface area contributed by atoms with E-state index < -0.39 is 0 Å². The average molecular weight is 559 g/mol. The fourth-order valence-corrected chi connectivity index (χ4v) is 5.33. The van der Waals surface area contributed by atoms with Gasteiger partial charge in [0.05, 0.1) is 11.0 Å². The second-order valence-electron chi connectivity index (χ2n) is 12.1. The number of imidazole rings is 1. The number of carbonyl (C=O) groups is 1. The molecule has 1 aliphatic rings. The second kappa shape index (κ2) is 14.9. The number of benzene rings is 2. The smallest absolute Gasteiger partial charge is 0.253 e. The van der Waals surface area contributed by atoms with Crippen LogP contribution < -0.4 is 5.32 Å². The monoisotopic (exact) mass is 558 g/mol. The number of anilines is 2. The van der Waals surface area contributed by atoms with E-state index in [9.17, 15) is 4.79 Å². The van der Waals surface area contributed by atoms with Crippen molar-refractivity contribution in [1.29, 1.82) is 0 Å². The molecule has 1 N–H and O–H groups in total. The highest BCUT2D eigenvalue weighted by atomic mass is 16.2. The molecule has 9 heteroatoms. The van der Waals surface area contributed by atoms with Crippen LogP contribution >= 0.6 is 0 Å². The van der Waals surface area contributed by atoms with Crippen LogP contribution in [0.15, 0.2) is 47.6 Å². The number of carbonyl (C=O) groups excluding carboxylic acids is 1. The van der Waals surface area contributed by atoms with Gasteiger partial charge in [0.25, 0.3) is 5.91 Å². The number of hydrogen-bond acceptors (Lipinski definition) is 5. The van der Waals surface area contributed by atoms with Crippen LogP contribution in [0, 0.1) is 11.8 Å². The van der Waals surface area contributed by atoms with Crippen molar-refractivity contribution in [1.82, 2.24) is 19.4 Å². The maximum absolute atomic E-state index is 13.8. The first kappa shape index (κ1) is 30.4. The van der Waals surface area contributed by atoms with Crippen molar-refractivity contribution in [2.24, 2.45) is 17.0 Å². The summed E-state index contributed by atoms with van der Waals surface area (Å²) in [7, 11) is 0. The summed E-state index contributed by atoms with van der Waals surface area (Å²) in [5.41, 5.74) is 12.7. The minimum absolute atomic E-state index is 0.0948. The number of rotatable bonds is 14. The number of nitrogens with one attached hydrogen (secondary N) is 1. The number of amides is 1. The van der Waals surface area contributed by atoms with E-state index >= 15 is 0 Å². The second-order valence-corrected chi connectivity index (χ2v) is 12.1. The Morgan fingerprint density at radius 1 is 1.00 bits per heavy atom. The molecule has 2 aromatic carbocycles. The summed E-state index contributed by atoms with van der Waals surface area (Å²) in [6, 6.07) is 13.3. The summed E-state index contributed by atoms with van der Waals surface area (Å²) in [6.07, 6.45) is 6.88. The Hall–Kier alpha value is -3.55. The van der Waals surface area contributed by atoms with Crippen LogP contribution in [0.4, 0.5) is 17.3 Å². The van der Waals surface area contributed by atoms with Gasteiger partial charge in [0.1, 0.15) is 0 Å². The molecule has 4 rings (SSSR count). The molecular weight excluding hydrogens is 512 g/mol. The van der Waals surface area contributed by atoms with E-state index in [1.807, 2.05) is 35.2 Å². The Bertz CT molecular complexity index is 1310. The van der Waals surface area contributed by atoms with E-state index in [0.29, 0.717) is 23.1 Å². The van der Waals surface area contributed by atoms with E-state index in [-0.39, 0.29) is 5.91 Å². The van der Waals surface area contributed by atoms with Crippen molar-refractivity contribution >= 4 is 34.3 Å². The maximum Gasteiger partial charge on any atom is 0.253 e. The molecule has 0 saturated carbocycles. The number of nitrogens with zero attached hydrogens (tertiary/aromatic N) is 7. The topological polar surface area (TPSA) is 102 Å². The molecule has 9 nitrogen and oxygen atoms in total. The van der Waals surface area contributed by atoms with Gasteiger partial charge in [-0.2, -0.15) is 0 Å². The molecule has 2 heterocycles. The maximum atomic E-state index is 13.8. The van der Waals surface area contributed by atoms with Gasteiger partial charge < -0.3 is 19.7 Å². The van der Waals surface area contributed by atoms with E-state index in [0.717, 1.165) is 68.1 Å². The Morgan fingerprint density at radius 3 is 2.32 bits per heavy atom. The number of azide groups is 1. The molecule has 0 bridgehead atoms. The molecule has 0 aliphatic carbocycles. The molecule has 220 valence electrons. The van der Waals surface area contributed by atoms with Crippen molar-refractivity contribution in [2.45, 2.75) is 72.8 Å². The van der Waals surface area contributed by atoms with Crippen LogP contribution in [0.2, 0.25) is 0 Å². The van der Waals surface area contributed by atoms with Crippen LogP contribution in [0.3, 0.4) is 0 Å². The molecule has 1 aliphatic heterocycles. The lowest BCUT2D eigenvalue weighted by molar-refractivity contribution is 0.0741. The van der Waals surface area contributed by atoms with E-state index in [4.69, 9.17) is 10.5 Å². The Kier molecular flexibility index (Phi) is 11.0. The number of likely N-dealkylation sites (tertiary alicyclic amines) is 1. The molecule has 0 unspecified atom stereocenters. The minimum Gasteiger partial charge on any atom is -0.339 e. The van der Waals surface area contributed by atoms with Crippen molar-refractivity contribution in [2.75, 3.05) is 38.0 Å². The first-order chi connectivity index (χ1) is 19.8. The zero-order valence-electron chi connectivity index (χ0n) is 25.2. The van der Waals surface area contributed by atoms with Gasteiger partial charge in [-0.3, -0.25) is 4.79 Å². The van der Waals surface area contributed by atoms with Crippen LogP contribution in [0.1, 0.15) is 76.6 Å². The summed E-state index contributed by atoms with van der Waals surface area (Å²) in [6.45, 7) is 14.6. The number of fused-ring (bicyclic) bond motifs is 1. The van der Waals surface area contributed by atoms with Gasteiger partial charge in [0.15, 0.2) is 0 Å². The summed E-state index contributed by atoms with van der Waals surface area (Å²) < 4.78 is 2.21. The molecule has 0 spiro atoms. The number of hydrogen-bond donors (Lipinski definition) is 1. The molecule has 1 amide bonds. The van der Waals surface area contributed by atoms with Crippen LogP contribution in [-0.2, 0) is 6.54 Å². The number of aryl methyl sites for hydroxylation is 1. The van der Waals surface area contributed by atoms with Crippen molar-refractivity contribution < 1.29 is 4.79 Å². The van der Waals surface area contributed by atoms with E-state index in [1.54, 1.807) is 12.1 Å². The van der Waals surface area contributed by atoms with Crippen molar-refractivity contribution in [3.8, 4) is 0 Å². The first-order valence-electron chi connectivity index (χ1n) is 15.3. The highest BCUT2D eigenvalue weighted by Gasteiger charge is 2.20. The van der Waals surface area contributed by atoms with Gasteiger partial charge in [-0.15, -0.1) is 0 Å². The summed E-state index contributed by atoms with van der Waals surface area (Å²) in [4.78, 5) is 26.1. The van der Waals surface area contributed by atoms with Gasteiger partial charge in [-0.1, -0.05) is 51.4 Å². The molecule has 3 aromatic rings. The minimum atomic E-state index is 0.0948. The van der Waals surface area contributed by atoms with Crippen LogP contribution in [0.25, 0.3) is 21.5 Å². The lowest BCUT2D eigenvalue weighted by atomic mass is 10.1. The zero-order chi connectivity index (χ0) is 29.2. The largest absolute Gasteiger partial charge is 0.339 e. The predicted octanol–water partition coefficient (Wildman–Crippen LogP) is 8.13. The number of aromatic nitrogens is 2. The molecule has 1 aromatic heterocycles. The van der Waals surface area contributed by atoms with E-state index in [1.165, 1.54) is 32.4 Å². The molecule has 41 heavy (non-hydrogen) atoms. The van der Waals surface area contributed by atoms with Gasteiger partial charge in [-0.25, -0.2) is 4.98 Å². The summed E-state index contributed by atoms with van der Waals surface area (Å²) in [5, 5.41) is 7.13. The molecule has 1 saturated heterocycles. The Morgan fingerprint density at radius 2 is 1.68 bits per heavy atom. The Labute approximate surface area is 244 Å². The fraction of sp³-hybridized carbons (Fsp3) is 0.562. The van der Waals surface area contributed by atoms with Gasteiger partial charge in [0, 0.05) is 41.5 Å². The van der Waals surface area contributed by atoms with Crippen LogP contribution in [0.5, 0.6) is 0 Å². The molecule has 1 fully saturated rings. The highest BCUT2D eigenvalue weighted by molar-refractivity contribution is 5.98. The fourth-order valence-electron chi connectivity index (χ4n) is 5.33. The zero-order valence-corrected chi connectivity index (χ0v) is 25.2. The quantitative estimate of drug-likeness (QED) is 0.123. The third-order valence-corrected chi connectivity index (χ3v) is 7.82. The summed E-state index contributed by atoms with van der Waals surface area (Å²) in [5.74, 6) is 1.93. The van der Waals surface area contributed by atoms with Crippen molar-refractivity contribution in [3.63, 3.8) is 0 Å². The standard InChI is InChI=1S/C32H46N8O/c1-24(2)15-21-39(22-16-25(3)4)31(41)26-9-14-29-30(23-26)40(20-8-19-38-17-6-5-7-18-38)32(35-29)34-27-10-12-28(13-11-27)36-37-33/h9-14,23-25H,5-8,15-22H2,1-4H3,(H,34,35). The Balaban J connectivity index is 1.62. The van der Waals surface area contributed by atoms with Gasteiger partial charge in [-0.05, 0) is 99.4 Å².